The van der Waals surface area contributed by atoms with Crippen LogP contribution in [0.4, 0.5) is 0 Å². The first-order chi connectivity index (χ1) is 5.13. The highest BCUT2D eigenvalue weighted by atomic mass is 15.2. The molecule has 0 bridgehead atoms. The molecule has 0 heterocycles. The van der Waals surface area contributed by atoms with Gasteiger partial charge in [0.05, 0.1) is 6.17 Å². The molecule has 1 unspecified atom stereocenters. The van der Waals surface area contributed by atoms with Crippen LogP contribution in [0.2, 0.25) is 0 Å². The summed E-state index contributed by atoms with van der Waals surface area (Å²) in [4.78, 5) is 2.11. The van der Waals surface area contributed by atoms with Crippen LogP contribution >= 0.6 is 0 Å². The van der Waals surface area contributed by atoms with Gasteiger partial charge in [-0.05, 0) is 19.8 Å². The van der Waals surface area contributed by atoms with E-state index in [0.717, 1.165) is 12.8 Å². The normalized spacial score (nSPS) is 14.8. The molecule has 0 rings (SSSR count). The Kier molecular flexibility index (Phi) is 4.95. The third kappa shape index (κ3) is 3.42. The fourth-order valence-electron chi connectivity index (χ4n) is 1.03. The molecule has 0 radical (unpaired) electrons. The van der Waals surface area contributed by atoms with Crippen molar-refractivity contribution in [3.05, 3.63) is 11.8 Å². The Morgan fingerprint density at radius 1 is 1.55 bits per heavy atom. The van der Waals surface area contributed by atoms with Gasteiger partial charge in [0.2, 0.25) is 0 Å². The molecular formula is C9H20N2. The minimum atomic E-state index is 0.118. The summed E-state index contributed by atoms with van der Waals surface area (Å²) in [5.74, 6) is 0. The summed E-state index contributed by atoms with van der Waals surface area (Å²) in [6, 6.07) is 0. The third-order valence-corrected chi connectivity index (χ3v) is 1.87. The van der Waals surface area contributed by atoms with Crippen molar-refractivity contribution in [2.75, 3.05) is 7.05 Å². The van der Waals surface area contributed by atoms with E-state index in [2.05, 4.69) is 24.8 Å². The number of hydrogen-bond acceptors (Lipinski definition) is 2. The standard InChI is InChI=1S/C9H20N2/c1-5-7-9(6-2)11(4)8(3)10/h7-8H,5-6,10H2,1-4H3/b9-7+. The molecule has 0 saturated heterocycles. The van der Waals surface area contributed by atoms with E-state index in [1.807, 2.05) is 14.0 Å². The highest BCUT2D eigenvalue weighted by Gasteiger charge is 2.04. The van der Waals surface area contributed by atoms with Crippen LogP contribution in [0.15, 0.2) is 11.8 Å². The molecule has 11 heavy (non-hydrogen) atoms. The van der Waals surface area contributed by atoms with E-state index >= 15 is 0 Å². The summed E-state index contributed by atoms with van der Waals surface area (Å²) in [5, 5.41) is 0. The van der Waals surface area contributed by atoms with Gasteiger partial charge in [-0.2, -0.15) is 0 Å². The van der Waals surface area contributed by atoms with Crippen LogP contribution in [0, 0.1) is 0 Å². The van der Waals surface area contributed by atoms with E-state index in [4.69, 9.17) is 5.73 Å². The summed E-state index contributed by atoms with van der Waals surface area (Å²) >= 11 is 0. The molecule has 0 aromatic heterocycles. The maximum atomic E-state index is 5.73. The molecular weight excluding hydrogens is 136 g/mol. The van der Waals surface area contributed by atoms with Gasteiger partial charge in [0.15, 0.2) is 0 Å². The van der Waals surface area contributed by atoms with Gasteiger partial charge in [-0.1, -0.05) is 19.9 Å². The summed E-state index contributed by atoms with van der Waals surface area (Å²) in [6.45, 7) is 6.30. The molecule has 2 heteroatoms. The zero-order chi connectivity index (χ0) is 8.85. The lowest BCUT2D eigenvalue weighted by Gasteiger charge is -2.25. The fourth-order valence-corrected chi connectivity index (χ4v) is 1.03. The zero-order valence-corrected chi connectivity index (χ0v) is 8.09. The second-order valence-electron chi connectivity index (χ2n) is 2.81. The van der Waals surface area contributed by atoms with Gasteiger partial charge in [-0.15, -0.1) is 0 Å². The Morgan fingerprint density at radius 3 is 2.36 bits per heavy atom. The number of hydrogen-bond donors (Lipinski definition) is 1. The highest BCUT2D eigenvalue weighted by molar-refractivity contribution is 4.99. The van der Waals surface area contributed by atoms with Crippen LogP contribution in [0.25, 0.3) is 0 Å². The number of nitrogens with two attached hydrogens (primary N) is 1. The molecule has 2 N–H and O–H groups in total. The summed E-state index contributed by atoms with van der Waals surface area (Å²) in [6.07, 6.45) is 4.49. The molecule has 0 aromatic rings. The van der Waals surface area contributed by atoms with Gasteiger partial charge >= 0.3 is 0 Å². The lowest BCUT2D eigenvalue weighted by atomic mass is 10.2. The molecule has 66 valence electrons. The van der Waals surface area contributed by atoms with Crippen molar-refractivity contribution >= 4 is 0 Å². The van der Waals surface area contributed by atoms with E-state index in [1.165, 1.54) is 5.70 Å². The minimum absolute atomic E-state index is 0.118. The van der Waals surface area contributed by atoms with Crippen molar-refractivity contribution in [2.45, 2.75) is 39.8 Å². The summed E-state index contributed by atoms with van der Waals surface area (Å²) in [7, 11) is 2.04. The number of rotatable bonds is 4. The molecule has 0 aliphatic rings. The average molecular weight is 156 g/mol. The van der Waals surface area contributed by atoms with E-state index in [9.17, 15) is 0 Å². The minimum Gasteiger partial charge on any atom is -0.363 e. The van der Waals surface area contributed by atoms with Crippen LogP contribution in [-0.2, 0) is 0 Å². The number of allylic oxidation sites excluding steroid dienone is 2. The monoisotopic (exact) mass is 156 g/mol. The number of nitrogens with zero attached hydrogens (tertiary/aromatic N) is 1. The van der Waals surface area contributed by atoms with Crippen LogP contribution in [-0.4, -0.2) is 18.1 Å². The Balaban J connectivity index is 4.13. The molecule has 0 amide bonds. The Bertz CT molecular complexity index is 128. The smallest absolute Gasteiger partial charge is 0.0735 e. The largest absolute Gasteiger partial charge is 0.363 e. The highest BCUT2D eigenvalue weighted by Crippen LogP contribution is 2.08. The predicted molar refractivity (Wildman–Crippen MR) is 50.1 cm³/mol. The first-order valence-electron chi connectivity index (χ1n) is 4.30. The van der Waals surface area contributed by atoms with Crippen molar-refractivity contribution < 1.29 is 0 Å². The van der Waals surface area contributed by atoms with E-state index in [1.54, 1.807) is 0 Å². The van der Waals surface area contributed by atoms with Crippen LogP contribution in [0.1, 0.15) is 33.6 Å². The van der Waals surface area contributed by atoms with Crippen LogP contribution < -0.4 is 5.73 Å². The van der Waals surface area contributed by atoms with Crippen molar-refractivity contribution in [1.82, 2.24) is 4.90 Å². The van der Waals surface area contributed by atoms with Crippen molar-refractivity contribution in [3.8, 4) is 0 Å². The quantitative estimate of drug-likeness (QED) is 0.630. The van der Waals surface area contributed by atoms with Crippen molar-refractivity contribution in [2.24, 2.45) is 5.73 Å². The van der Waals surface area contributed by atoms with E-state index < -0.39 is 0 Å². The molecule has 0 aromatic carbocycles. The summed E-state index contributed by atoms with van der Waals surface area (Å²) in [5.41, 5.74) is 7.06. The zero-order valence-electron chi connectivity index (χ0n) is 8.09. The first kappa shape index (κ1) is 10.5. The topological polar surface area (TPSA) is 29.3 Å². The molecule has 1 atom stereocenters. The summed E-state index contributed by atoms with van der Waals surface area (Å²) < 4.78 is 0. The van der Waals surface area contributed by atoms with Gasteiger partial charge in [-0.25, -0.2) is 0 Å². The molecule has 2 nitrogen and oxygen atoms in total. The van der Waals surface area contributed by atoms with Crippen molar-refractivity contribution in [3.63, 3.8) is 0 Å². The Labute approximate surface area is 70.1 Å². The Morgan fingerprint density at radius 2 is 2.09 bits per heavy atom. The van der Waals surface area contributed by atoms with Crippen LogP contribution in [0.5, 0.6) is 0 Å². The predicted octanol–water partition coefficient (Wildman–Crippen LogP) is 1.93. The van der Waals surface area contributed by atoms with Gasteiger partial charge in [0, 0.05) is 12.7 Å². The maximum Gasteiger partial charge on any atom is 0.0735 e. The van der Waals surface area contributed by atoms with Crippen molar-refractivity contribution in [1.29, 1.82) is 0 Å². The molecule has 0 aliphatic carbocycles. The molecule has 0 spiro atoms. The second kappa shape index (κ2) is 5.19. The third-order valence-electron chi connectivity index (χ3n) is 1.87. The first-order valence-corrected chi connectivity index (χ1v) is 4.30. The SMILES string of the molecule is CC/C=C(\CC)N(C)C(C)N. The van der Waals surface area contributed by atoms with Gasteiger partial charge in [0.25, 0.3) is 0 Å². The molecule has 0 fully saturated rings. The lowest BCUT2D eigenvalue weighted by Crippen LogP contribution is -2.35. The van der Waals surface area contributed by atoms with E-state index in [-0.39, 0.29) is 6.17 Å². The van der Waals surface area contributed by atoms with Gasteiger partial charge < -0.3 is 10.6 Å². The average Bonchev–Trinajstić information content (AvgIpc) is 1.98. The molecule has 0 saturated carbocycles. The van der Waals surface area contributed by atoms with Crippen LogP contribution in [0.3, 0.4) is 0 Å². The Hall–Kier alpha value is -0.500. The fraction of sp³-hybridized carbons (Fsp3) is 0.778. The molecule has 0 aliphatic heterocycles. The lowest BCUT2D eigenvalue weighted by molar-refractivity contribution is 0.321. The maximum absolute atomic E-state index is 5.73. The van der Waals surface area contributed by atoms with Gasteiger partial charge in [0.1, 0.15) is 0 Å². The van der Waals surface area contributed by atoms with E-state index in [0.29, 0.717) is 0 Å². The van der Waals surface area contributed by atoms with Gasteiger partial charge in [-0.3, -0.25) is 0 Å². The second-order valence-corrected chi connectivity index (χ2v) is 2.81.